The Hall–Kier alpha value is -2.19. The number of amides is 1. The van der Waals surface area contributed by atoms with Gasteiger partial charge < -0.3 is 4.90 Å². The van der Waals surface area contributed by atoms with Gasteiger partial charge in [0.15, 0.2) is 0 Å². The van der Waals surface area contributed by atoms with Crippen molar-refractivity contribution in [2.75, 3.05) is 17.8 Å². The van der Waals surface area contributed by atoms with E-state index in [0.29, 0.717) is 19.2 Å². The highest BCUT2D eigenvalue weighted by atomic mass is 35.5. The van der Waals surface area contributed by atoms with E-state index in [9.17, 15) is 22.0 Å². The van der Waals surface area contributed by atoms with Gasteiger partial charge >= 0.3 is 0 Å². The lowest BCUT2D eigenvalue weighted by atomic mass is 10.1. The fourth-order valence-corrected chi connectivity index (χ4v) is 4.25. The molecule has 144 valence electrons. The van der Waals surface area contributed by atoms with E-state index in [1.807, 2.05) is 0 Å². The Morgan fingerprint density at radius 2 is 1.74 bits per heavy atom. The van der Waals surface area contributed by atoms with Gasteiger partial charge in [-0.25, -0.2) is 17.2 Å². The molecular weight excluding hydrogens is 398 g/mol. The van der Waals surface area contributed by atoms with Crippen molar-refractivity contribution in [1.82, 2.24) is 4.90 Å². The summed E-state index contributed by atoms with van der Waals surface area (Å²) in [6.45, 7) is 1.17. The topological polar surface area (TPSA) is 66.5 Å². The van der Waals surface area contributed by atoms with Gasteiger partial charge in [-0.15, -0.1) is 0 Å². The molecule has 1 aliphatic rings. The fraction of sp³-hybridized carbons (Fsp3) is 0.278. The van der Waals surface area contributed by atoms with E-state index in [1.54, 1.807) is 4.90 Å². The first kappa shape index (κ1) is 19.6. The normalized spacial score (nSPS) is 14.9. The van der Waals surface area contributed by atoms with Crippen molar-refractivity contribution in [2.24, 2.45) is 0 Å². The van der Waals surface area contributed by atoms with Crippen molar-refractivity contribution in [2.45, 2.75) is 24.2 Å². The van der Waals surface area contributed by atoms with E-state index >= 15 is 0 Å². The van der Waals surface area contributed by atoms with E-state index in [2.05, 4.69) is 4.72 Å². The number of likely N-dealkylation sites (tertiary alicyclic amines) is 1. The maximum Gasteiger partial charge on any atom is 0.264 e. The Bertz CT molecular complexity index is 977. The second-order valence-corrected chi connectivity index (χ2v) is 8.31. The fourth-order valence-electron chi connectivity index (χ4n) is 2.95. The zero-order valence-electron chi connectivity index (χ0n) is 14.2. The molecule has 1 aliphatic heterocycles. The smallest absolute Gasteiger partial charge is 0.264 e. The molecule has 0 spiro atoms. The third kappa shape index (κ3) is 4.39. The van der Waals surface area contributed by atoms with Crippen molar-refractivity contribution >= 4 is 33.2 Å². The monoisotopic (exact) mass is 414 g/mol. The average Bonchev–Trinajstić information content (AvgIpc) is 2.61. The molecule has 27 heavy (non-hydrogen) atoms. The van der Waals surface area contributed by atoms with Gasteiger partial charge in [0, 0.05) is 24.2 Å². The zero-order chi connectivity index (χ0) is 19.6. The van der Waals surface area contributed by atoms with Crippen molar-refractivity contribution < 1.29 is 22.0 Å². The predicted octanol–water partition coefficient (Wildman–Crippen LogP) is 4.05. The highest BCUT2D eigenvalue weighted by molar-refractivity contribution is 7.92. The van der Waals surface area contributed by atoms with Crippen LogP contribution in [0.15, 0.2) is 41.3 Å². The lowest BCUT2D eigenvalue weighted by Gasteiger charge is -2.27. The number of rotatable bonds is 4. The van der Waals surface area contributed by atoms with Gasteiger partial charge in [-0.3, -0.25) is 9.52 Å². The first-order chi connectivity index (χ1) is 12.8. The van der Waals surface area contributed by atoms with Crippen LogP contribution in [0, 0.1) is 11.6 Å². The minimum Gasteiger partial charge on any atom is -0.339 e. The number of sulfonamides is 1. The summed E-state index contributed by atoms with van der Waals surface area (Å²) < 4.78 is 54.3. The van der Waals surface area contributed by atoms with E-state index in [-0.39, 0.29) is 22.2 Å². The molecule has 2 aromatic rings. The summed E-state index contributed by atoms with van der Waals surface area (Å²) in [6, 6.07) is 6.34. The Kier molecular flexibility index (Phi) is 5.67. The van der Waals surface area contributed by atoms with E-state index < -0.39 is 26.6 Å². The predicted molar refractivity (Wildman–Crippen MR) is 98.4 cm³/mol. The molecule has 1 fully saturated rings. The number of nitrogens with zero attached hydrogens (tertiary/aromatic N) is 1. The number of piperidine rings is 1. The van der Waals surface area contributed by atoms with Crippen LogP contribution in [0.4, 0.5) is 14.5 Å². The molecule has 0 saturated carbocycles. The van der Waals surface area contributed by atoms with Crippen LogP contribution in [-0.2, 0) is 10.0 Å². The Balaban J connectivity index is 1.96. The molecular formula is C18H17ClF2N2O3S. The molecule has 0 aromatic heterocycles. The SMILES string of the molecule is O=C(c1ccc(Cl)cc1NS(=O)(=O)c1ccc(F)cc1F)N1CCCCC1. The summed E-state index contributed by atoms with van der Waals surface area (Å²) in [6.07, 6.45) is 2.79. The molecule has 3 rings (SSSR count). The molecule has 0 radical (unpaired) electrons. The van der Waals surface area contributed by atoms with Gasteiger partial charge in [0.25, 0.3) is 15.9 Å². The lowest BCUT2D eigenvalue weighted by Crippen LogP contribution is -2.36. The van der Waals surface area contributed by atoms with Crippen LogP contribution >= 0.6 is 11.6 Å². The number of anilines is 1. The molecule has 1 saturated heterocycles. The Morgan fingerprint density at radius 3 is 2.41 bits per heavy atom. The Labute approximate surface area is 161 Å². The van der Waals surface area contributed by atoms with Gasteiger partial charge in [0.1, 0.15) is 16.5 Å². The molecule has 0 aliphatic carbocycles. The molecule has 0 atom stereocenters. The van der Waals surface area contributed by atoms with Gasteiger partial charge in [-0.1, -0.05) is 11.6 Å². The van der Waals surface area contributed by atoms with Crippen LogP contribution in [0.2, 0.25) is 5.02 Å². The Morgan fingerprint density at radius 1 is 1.04 bits per heavy atom. The maximum absolute atomic E-state index is 13.9. The third-order valence-corrected chi connectivity index (χ3v) is 5.92. The molecule has 2 aromatic carbocycles. The van der Waals surface area contributed by atoms with Crippen molar-refractivity contribution in [3.63, 3.8) is 0 Å². The minimum absolute atomic E-state index is 0.0539. The van der Waals surface area contributed by atoms with E-state index in [0.717, 1.165) is 31.4 Å². The summed E-state index contributed by atoms with van der Waals surface area (Å²) in [5, 5.41) is 0.211. The first-order valence-electron chi connectivity index (χ1n) is 8.34. The molecule has 9 heteroatoms. The minimum atomic E-state index is -4.39. The van der Waals surface area contributed by atoms with Crippen LogP contribution in [0.3, 0.4) is 0 Å². The highest BCUT2D eigenvalue weighted by Gasteiger charge is 2.25. The summed E-state index contributed by atoms with van der Waals surface area (Å²) in [7, 11) is -4.39. The largest absolute Gasteiger partial charge is 0.339 e. The van der Waals surface area contributed by atoms with E-state index in [1.165, 1.54) is 18.2 Å². The number of carbonyl (C=O) groups excluding carboxylic acids is 1. The van der Waals surface area contributed by atoms with E-state index in [4.69, 9.17) is 11.6 Å². The maximum atomic E-state index is 13.9. The quantitative estimate of drug-likeness (QED) is 0.820. The van der Waals surface area contributed by atoms with Crippen LogP contribution in [0.25, 0.3) is 0 Å². The van der Waals surface area contributed by atoms with Gasteiger partial charge in [0.05, 0.1) is 11.3 Å². The van der Waals surface area contributed by atoms with Gasteiger partial charge in [0.2, 0.25) is 0 Å². The number of carbonyl (C=O) groups is 1. The van der Waals surface area contributed by atoms with Crippen molar-refractivity contribution in [3.8, 4) is 0 Å². The highest BCUT2D eigenvalue weighted by Crippen LogP contribution is 2.27. The molecule has 0 bridgehead atoms. The van der Waals surface area contributed by atoms with Crippen molar-refractivity contribution in [3.05, 3.63) is 58.6 Å². The summed E-state index contributed by atoms with van der Waals surface area (Å²) in [5.41, 5.74) is 0.0641. The number of hydrogen-bond donors (Lipinski definition) is 1. The number of halogens is 3. The van der Waals surface area contributed by atoms with Crippen LogP contribution in [-0.4, -0.2) is 32.3 Å². The van der Waals surface area contributed by atoms with Crippen LogP contribution in [0.5, 0.6) is 0 Å². The molecule has 1 amide bonds. The number of hydrogen-bond acceptors (Lipinski definition) is 3. The van der Waals surface area contributed by atoms with Gasteiger partial charge in [-0.2, -0.15) is 0 Å². The van der Waals surface area contributed by atoms with Crippen molar-refractivity contribution in [1.29, 1.82) is 0 Å². The van der Waals surface area contributed by atoms with Gasteiger partial charge in [-0.05, 0) is 49.6 Å². The summed E-state index contributed by atoms with van der Waals surface area (Å²) in [5.74, 6) is -2.45. The second-order valence-electron chi connectivity index (χ2n) is 6.22. The lowest BCUT2D eigenvalue weighted by molar-refractivity contribution is 0.0725. The molecule has 1 N–H and O–H groups in total. The second kappa shape index (κ2) is 7.82. The standard InChI is InChI=1S/C18H17ClF2N2O3S/c19-12-4-6-14(18(24)23-8-2-1-3-9-23)16(10-12)22-27(25,26)17-7-5-13(20)11-15(17)21/h4-7,10-11,22H,1-3,8-9H2. The number of benzene rings is 2. The first-order valence-corrected chi connectivity index (χ1v) is 10.2. The zero-order valence-corrected chi connectivity index (χ0v) is 15.8. The summed E-state index contributed by atoms with van der Waals surface area (Å²) >= 11 is 5.95. The number of nitrogens with one attached hydrogen (secondary N) is 1. The molecule has 5 nitrogen and oxygen atoms in total. The van der Waals surface area contributed by atoms with Crippen LogP contribution < -0.4 is 4.72 Å². The molecule has 0 unspecified atom stereocenters. The molecule has 1 heterocycles. The van der Waals surface area contributed by atoms with Crippen LogP contribution in [0.1, 0.15) is 29.6 Å². The average molecular weight is 415 g/mol. The third-order valence-electron chi connectivity index (χ3n) is 4.28. The summed E-state index contributed by atoms with van der Waals surface area (Å²) in [4.78, 5) is 13.7.